The number of anilines is 1. The monoisotopic (exact) mass is 343 g/mol. The van der Waals surface area contributed by atoms with Gasteiger partial charge in [-0.1, -0.05) is 0 Å². The summed E-state index contributed by atoms with van der Waals surface area (Å²) in [4.78, 5) is 16.5. The van der Waals surface area contributed by atoms with Gasteiger partial charge in [-0.15, -0.1) is 0 Å². The molecule has 130 valence electrons. The lowest BCUT2D eigenvalue weighted by atomic mass is 10.0. The van der Waals surface area contributed by atoms with Gasteiger partial charge < -0.3 is 4.90 Å². The third-order valence-corrected chi connectivity index (χ3v) is 4.73. The van der Waals surface area contributed by atoms with Crippen LogP contribution in [0.25, 0.3) is 0 Å². The molecule has 1 saturated heterocycles. The second-order valence-corrected chi connectivity index (χ2v) is 7.85. The van der Waals surface area contributed by atoms with Gasteiger partial charge in [0.15, 0.2) is 0 Å². The Balaban J connectivity index is 1.90. The molecule has 2 rings (SSSR count). The lowest BCUT2D eigenvalue weighted by Gasteiger charge is -2.36. The van der Waals surface area contributed by atoms with Crippen molar-refractivity contribution < 1.29 is 13.2 Å². The van der Waals surface area contributed by atoms with Gasteiger partial charge in [0.05, 0.1) is 24.2 Å². The number of amides is 1. The molecule has 0 radical (unpaired) electrons. The highest BCUT2D eigenvalue weighted by Crippen LogP contribution is 2.22. The molecule has 23 heavy (non-hydrogen) atoms. The van der Waals surface area contributed by atoms with Gasteiger partial charge in [-0.05, 0) is 32.9 Å². The second-order valence-electron chi connectivity index (χ2n) is 6.02. The summed E-state index contributed by atoms with van der Waals surface area (Å²) in [6.45, 7) is 1.76. The molecule has 1 aliphatic rings. The first-order valence-electron chi connectivity index (χ1n) is 7.73. The van der Waals surface area contributed by atoms with E-state index in [2.05, 4.69) is 9.82 Å². The van der Waals surface area contributed by atoms with Gasteiger partial charge in [0.1, 0.15) is 0 Å². The van der Waals surface area contributed by atoms with Crippen molar-refractivity contribution in [2.45, 2.75) is 25.3 Å². The largest absolute Gasteiger partial charge is 0.308 e. The fraction of sp³-hybridized carbons (Fsp3) is 0.714. The van der Waals surface area contributed by atoms with Gasteiger partial charge in [0, 0.05) is 26.3 Å². The van der Waals surface area contributed by atoms with Crippen LogP contribution in [0.3, 0.4) is 0 Å². The van der Waals surface area contributed by atoms with E-state index in [-0.39, 0.29) is 11.9 Å². The quantitative estimate of drug-likeness (QED) is 0.692. The van der Waals surface area contributed by atoms with Crippen LogP contribution in [0.4, 0.5) is 5.69 Å². The minimum Gasteiger partial charge on any atom is -0.308 e. The van der Waals surface area contributed by atoms with Gasteiger partial charge >= 0.3 is 0 Å². The Kier molecular flexibility index (Phi) is 5.77. The molecule has 0 aromatic carbocycles. The number of carbonyl (C=O) groups is 1. The summed E-state index contributed by atoms with van der Waals surface area (Å²) in [5, 5.41) is 4.12. The molecule has 0 saturated carbocycles. The Morgan fingerprint density at radius 3 is 2.83 bits per heavy atom. The predicted octanol–water partition coefficient (Wildman–Crippen LogP) is -0.213. The van der Waals surface area contributed by atoms with Gasteiger partial charge in [-0.3, -0.25) is 14.4 Å². The van der Waals surface area contributed by atoms with Crippen molar-refractivity contribution in [2.75, 3.05) is 37.8 Å². The molecule has 1 N–H and O–H groups in total. The topological polar surface area (TPSA) is 87.5 Å². The van der Waals surface area contributed by atoms with Crippen LogP contribution >= 0.6 is 0 Å². The van der Waals surface area contributed by atoms with E-state index in [4.69, 9.17) is 0 Å². The maximum Gasteiger partial charge on any atom is 0.244 e. The van der Waals surface area contributed by atoms with Crippen LogP contribution in [0.5, 0.6) is 0 Å². The van der Waals surface area contributed by atoms with Crippen molar-refractivity contribution in [2.24, 2.45) is 7.05 Å². The molecule has 0 spiro atoms. The zero-order valence-electron chi connectivity index (χ0n) is 13.9. The van der Waals surface area contributed by atoms with E-state index in [0.29, 0.717) is 26.1 Å². The predicted molar refractivity (Wildman–Crippen MR) is 88.7 cm³/mol. The first kappa shape index (κ1) is 17.9. The highest BCUT2D eigenvalue weighted by atomic mass is 32.2. The van der Waals surface area contributed by atoms with Crippen molar-refractivity contribution >= 4 is 21.6 Å². The summed E-state index contributed by atoms with van der Waals surface area (Å²) in [5.74, 6) is 0.0859. The van der Waals surface area contributed by atoms with Crippen molar-refractivity contribution in [3.8, 4) is 0 Å². The van der Waals surface area contributed by atoms with Gasteiger partial charge in [0.2, 0.25) is 15.9 Å². The Morgan fingerprint density at radius 2 is 2.22 bits per heavy atom. The molecule has 8 nitrogen and oxygen atoms in total. The van der Waals surface area contributed by atoms with E-state index in [9.17, 15) is 13.2 Å². The van der Waals surface area contributed by atoms with Crippen molar-refractivity contribution in [1.82, 2.24) is 19.4 Å². The summed E-state index contributed by atoms with van der Waals surface area (Å²) < 4.78 is 26.2. The molecule has 0 bridgehead atoms. The Morgan fingerprint density at radius 1 is 1.48 bits per heavy atom. The zero-order chi connectivity index (χ0) is 17.0. The molecule has 1 unspecified atom stereocenters. The number of sulfonamides is 1. The van der Waals surface area contributed by atoms with Crippen LogP contribution in [0, 0.1) is 0 Å². The van der Waals surface area contributed by atoms with E-state index < -0.39 is 10.0 Å². The number of aryl methyl sites for hydroxylation is 1. The fourth-order valence-corrected chi connectivity index (χ4v) is 3.33. The van der Waals surface area contributed by atoms with E-state index >= 15 is 0 Å². The van der Waals surface area contributed by atoms with Crippen LogP contribution in [0.1, 0.15) is 19.3 Å². The SMILES string of the molecule is CN(CCCNS(C)(=O)=O)C1CCCN(c2cnn(C)c2)C1=O. The standard InChI is InChI=1S/C14H25N5O3S/c1-17(8-5-7-16-23(3,21)22)13-6-4-9-19(14(13)20)12-10-15-18(2)11-12/h10-11,13,16H,4-9H2,1-3H3. The summed E-state index contributed by atoms with van der Waals surface area (Å²) in [6, 6.07) is -0.165. The molecule has 0 aliphatic carbocycles. The van der Waals surface area contributed by atoms with E-state index in [1.54, 1.807) is 15.8 Å². The molecule has 1 fully saturated rings. The fourth-order valence-electron chi connectivity index (χ4n) is 2.81. The number of carbonyl (C=O) groups excluding carboxylic acids is 1. The number of likely N-dealkylation sites (N-methyl/N-ethyl adjacent to an activating group) is 1. The normalized spacial score (nSPS) is 19.6. The van der Waals surface area contributed by atoms with Crippen LogP contribution < -0.4 is 9.62 Å². The van der Waals surface area contributed by atoms with Crippen molar-refractivity contribution in [3.05, 3.63) is 12.4 Å². The van der Waals surface area contributed by atoms with Gasteiger partial charge in [-0.25, -0.2) is 13.1 Å². The number of rotatable bonds is 7. The molecule has 2 heterocycles. The van der Waals surface area contributed by atoms with Crippen LogP contribution in [-0.4, -0.2) is 68.0 Å². The molecule has 1 aromatic rings. The number of nitrogens with one attached hydrogen (secondary N) is 1. The van der Waals surface area contributed by atoms with Gasteiger partial charge in [-0.2, -0.15) is 5.10 Å². The average Bonchev–Trinajstić information content (AvgIpc) is 2.89. The zero-order valence-corrected chi connectivity index (χ0v) is 14.7. The molecule has 9 heteroatoms. The van der Waals surface area contributed by atoms with E-state index in [1.807, 2.05) is 25.2 Å². The lowest BCUT2D eigenvalue weighted by molar-refractivity contribution is -0.124. The first-order chi connectivity index (χ1) is 10.8. The Hall–Kier alpha value is -1.45. The number of hydrogen-bond acceptors (Lipinski definition) is 5. The Bertz CT molecular complexity index is 643. The molecular weight excluding hydrogens is 318 g/mol. The highest BCUT2D eigenvalue weighted by Gasteiger charge is 2.32. The van der Waals surface area contributed by atoms with Crippen molar-refractivity contribution in [3.63, 3.8) is 0 Å². The first-order valence-corrected chi connectivity index (χ1v) is 9.62. The third-order valence-electron chi connectivity index (χ3n) is 4.00. The van der Waals surface area contributed by atoms with E-state index in [1.165, 1.54) is 0 Å². The minimum absolute atomic E-state index is 0.0859. The summed E-state index contributed by atoms with van der Waals surface area (Å²) in [7, 11) is 0.589. The minimum atomic E-state index is -3.15. The highest BCUT2D eigenvalue weighted by molar-refractivity contribution is 7.88. The maximum atomic E-state index is 12.7. The summed E-state index contributed by atoms with van der Waals surface area (Å²) in [5.41, 5.74) is 0.828. The summed E-state index contributed by atoms with van der Waals surface area (Å²) >= 11 is 0. The molecule has 1 atom stereocenters. The Labute approximate surface area is 137 Å². The number of nitrogens with zero attached hydrogens (tertiary/aromatic N) is 4. The number of hydrogen-bond donors (Lipinski definition) is 1. The smallest absolute Gasteiger partial charge is 0.244 e. The molecular formula is C14H25N5O3S. The third kappa shape index (κ3) is 5.02. The maximum absolute atomic E-state index is 12.7. The van der Waals surface area contributed by atoms with Crippen molar-refractivity contribution in [1.29, 1.82) is 0 Å². The van der Waals surface area contributed by atoms with E-state index in [0.717, 1.165) is 24.8 Å². The average molecular weight is 343 g/mol. The molecule has 1 aromatic heterocycles. The van der Waals surface area contributed by atoms with Crippen LogP contribution in [0.15, 0.2) is 12.4 Å². The van der Waals surface area contributed by atoms with Gasteiger partial charge in [0.25, 0.3) is 0 Å². The second kappa shape index (κ2) is 7.41. The number of aromatic nitrogens is 2. The van der Waals surface area contributed by atoms with Crippen LogP contribution in [-0.2, 0) is 21.9 Å². The number of piperidine rings is 1. The molecule has 1 amide bonds. The summed E-state index contributed by atoms with van der Waals surface area (Å²) in [6.07, 6.45) is 7.13. The lowest BCUT2D eigenvalue weighted by Crippen LogP contribution is -2.51. The molecule has 1 aliphatic heterocycles. The van der Waals surface area contributed by atoms with Crippen LogP contribution in [0.2, 0.25) is 0 Å².